The number of tetrazole rings is 1. The molecule has 0 saturated carbocycles. The van der Waals surface area contributed by atoms with Crippen LogP contribution in [0.2, 0.25) is 5.02 Å². The molecule has 0 fully saturated rings. The lowest BCUT2D eigenvalue weighted by Crippen LogP contribution is -2.05. The normalized spacial score (nSPS) is 11.4. The van der Waals surface area contributed by atoms with Gasteiger partial charge in [-0.1, -0.05) is 30.7 Å². The summed E-state index contributed by atoms with van der Waals surface area (Å²) in [6.45, 7) is 4.89. The molecule has 0 radical (unpaired) electrons. The highest BCUT2D eigenvalue weighted by atomic mass is 35.5. The molecular weight excluding hydrogens is 400 g/mol. The Morgan fingerprint density at radius 2 is 1.97 bits per heavy atom. The number of benzene rings is 1. The Balaban J connectivity index is 1.49. The molecule has 0 aliphatic rings. The Bertz CT molecular complexity index is 1320. The largest absolute Gasteiger partial charge is 0.312 e. The van der Waals surface area contributed by atoms with Gasteiger partial charge in [0.05, 0.1) is 17.3 Å². The maximum absolute atomic E-state index is 6.24. The highest BCUT2D eigenvalue weighted by Crippen LogP contribution is 2.26. The van der Waals surface area contributed by atoms with Crippen LogP contribution in [0.25, 0.3) is 28.4 Å². The lowest BCUT2D eigenvalue weighted by Gasteiger charge is -2.10. The number of aromatic amines is 1. The van der Waals surface area contributed by atoms with E-state index in [0.29, 0.717) is 17.4 Å². The van der Waals surface area contributed by atoms with E-state index in [1.165, 1.54) is 0 Å². The number of rotatable bonds is 5. The van der Waals surface area contributed by atoms with Crippen molar-refractivity contribution in [3.8, 4) is 17.2 Å². The zero-order valence-corrected chi connectivity index (χ0v) is 17.3. The number of nitrogens with zero attached hydrogens (tertiary/aromatic N) is 7. The van der Waals surface area contributed by atoms with Gasteiger partial charge >= 0.3 is 0 Å². The van der Waals surface area contributed by atoms with Gasteiger partial charge in [0.15, 0.2) is 5.65 Å². The topological polar surface area (TPSA) is 90.1 Å². The Kier molecular flexibility index (Phi) is 4.55. The first kappa shape index (κ1) is 18.5. The molecule has 8 nitrogen and oxygen atoms in total. The van der Waals surface area contributed by atoms with Gasteiger partial charge in [0.1, 0.15) is 11.3 Å². The van der Waals surface area contributed by atoms with Gasteiger partial charge < -0.3 is 9.13 Å². The molecule has 4 heterocycles. The van der Waals surface area contributed by atoms with Gasteiger partial charge in [-0.15, -0.1) is 10.2 Å². The Hall–Kier alpha value is -3.52. The second-order valence-corrected chi connectivity index (χ2v) is 7.52. The van der Waals surface area contributed by atoms with Crippen molar-refractivity contribution in [1.29, 1.82) is 0 Å². The summed E-state index contributed by atoms with van der Waals surface area (Å²) in [5, 5.41) is 14.9. The number of fused-ring (bicyclic) bond motifs is 1. The van der Waals surface area contributed by atoms with Gasteiger partial charge in [-0.3, -0.25) is 0 Å². The highest BCUT2D eigenvalue weighted by molar-refractivity contribution is 6.30. The monoisotopic (exact) mass is 418 g/mol. The average molecular weight is 419 g/mol. The number of hydrogen-bond donors (Lipinski definition) is 1. The molecule has 1 N–H and O–H groups in total. The lowest BCUT2D eigenvalue weighted by molar-refractivity contribution is 0.746. The summed E-state index contributed by atoms with van der Waals surface area (Å²) < 4.78 is 4.14. The molecule has 150 valence electrons. The van der Waals surface area contributed by atoms with Crippen molar-refractivity contribution >= 4 is 22.8 Å². The number of aromatic nitrogens is 8. The van der Waals surface area contributed by atoms with Crippen molar-refractivity contribution in [3.63, 3.8) is 0 Å². The fraction of sp³-hybridized carbons (Fsp3) is 0.190. The van der Waals surface area contributed by atoms with Crippen molar-refractivity contribution in [2.45, 2.75) is 26.8 Å². The van der Waals surface area contributed by atoms with Gasteiger partial charge in [0, 0.05) is 24.5 Å². The lowest BCUT2D eigenvalue weighted by atomic mass is 10.2. The van der Waals surface area contributed by atoms with E-state index in [4.69, 9.17) is 16.6 Å². The fourth-order valence-corrected chi connectivity index (χ4v) is 3.85. The van der Waals surface area contributed by atoms with Crippen molar-refractivity contribution in [3.05, 3.63) is 70.8 Å². The molecule has 0 saturated heterocycles. The molecule has 5 aromatic rings. The van der Waals surface area contributed by atoms with Gasteiger partial charge in [0.25, 0.3) is 0 Å². The number of halogens is 1. The molecule has 9 heteroatoms. The summed E-state index contributed by atoms with van der Waals surface area (Å²) in [7, 11) is 0. The number of nitrogens with one attached hydrogen (secondary N) is 1. The Labute approximate surface area is 177 Å². The first-order valence-electron chi connectivity index (χ1n) is 9.65. The number of aryl methyl sites for hydroxylation is 2. The standard InChI is InChI=1S/C21H19ClN8/c1-3-18-24-19-13(2)8-9-23-21(19)30(18)11-14-4-6-16(7-5-14)29-12-15(22)10-17(29)20-25-27-28-26-20/h4-10,12H,3,11H2,1-2H3,(H,25,26,27,28). The Morgan fingerprint density at radius 1 is 1.13 bits per heavy atom. The number of hydrogen-bond acceptors (Lipinski definition) is 5. The zero-order valence-electron chi connectivity index (χ0n) is 16.5. The third kappa shape index (κ3) is 3.15. The second-order valence-electron chi connectivity index (χ2n) is 7.08. The van der Waals surface area contributed by atoms with Crippen LogP contribution >= 0.6 is 11.6 Å². The van der Waals surface area contributed by atoms with Crippen molar-refractivity contribution in [2.75, 3.05) is 0 Å². The maximum atomic E-state index is 6.24. The van der Waals surface area contributed by atoms with Crippen LogP contribution in [0.3, 0.4) is 0 Å². The minimum atomic E-state index is 0.491. The maximum Gasteiger partial charge on any atom is 0.221 e. The molecule has 1 aromatic carbocycles. The summed E-state index contributed by atoms with van der Waals surface area (Å²) in [4.78, 5) is 9.37. The van der Waals surface area contributed by atoms with E-state index < -0.39 is 0 Å². The van der Waals surface area contributed by atoms with Crippen LogP contribution in [-0.4, -0.2) is 39.7 Å². The van der Waals surface area contributed by atoms with Crippen LogP contribution in [-0.2, 0) is 13.0 Å². The van der Waals surface area contributed by atoms with Crippen molar-refractivity contribution in [1.82, 2.24) is 39.7 Å². The third-order valence-corrected chi connectivity index (χ3v) is 5.35. The van der Waals surface area contributed by atoms with Gasteiger partial charge in [-0.05, 0) is 47.5 Å². The van der Waals surface area contributed by atoms with E-state index in [-0.39, 0.29) is 0 Å². The van der Waals surface area contributed by atoms with Gasteiger partial charge in [-0.25, -0.2) is 9.97 Å². The van der Waals surface area contributed by atoms with E-state index in [1.807, 2.05) is 29.1 Å². The molecule has 0 spiro atoms. The minimum absolute atomic E-state index is 0.491. The van der Waals surface area contributed by atoms with Gasteiger partial charge in [-0.2, -0.15) is 5.21 Å². The van der Waals surface area contributed by atoms with Crippen LogP contribution < -0.4 is 0 Å². The Morgan fingerprint density at radius 3 is 2.70 bits per heavy atom. The van der Waals surface area contributed by atoms with Crippen LogP contribution in [0, 0.1) is 6.92 Å². The first-order valence-corrected chi connectivity index (χ1v) is 10.0. The molecule has 4 aromatic heterocycles. The van der Waals surface area contributed by atoms with Crippen LogP contribution in [0.4, 0.5) is 0 Å². The summed E-state index contributed by atoms with van der Waals surface area (Å²) in [6, 6.07) is 12.1. The second kappa shape index (κ2) is 7.38. The minimum Gasteiger partial charge on any atom is -0.312 e. The summed E-state index contributed by atoms with van der Waals surface area (Å²) in [5.41, 5.74) is 5.93. The molecule has 0 aliphatic carbocycles. The molecule has 30 heavy (non-hydrogen) atoms. The van der Waals surface area contributed by atoms with E-state index in [2.05, 4.69) is 68.3 Å². The molecule has 0 unspecified atom stereocenters. The van der Waals surface area contributed by atoms with Crippen LogP contribution in [0.15, 0.2) is 48.8 Å². The van der Waals surface area contributed by atoms with Crippen molar-refractivity contribution < 1.29 is 0 Å². The molecule has 0 aliphatic heterocycles. The molecular formula is C21H19ClN8. The van der Waals surface area contributed by atoms with E-state index in [1.54, 1.807) is 0 Å². The third-order valence-electron chi connectivity index (χ3n) is 5.15. The van der Waals surface area contributed by atoms with E-state index in [9.17, 15) is 0 Å². The summed E-state index contributed by atoms with van der Waals surface area (Å²) in [5.74, 6) is 1.53. The van der Waals surface area contributed by atoms with Crippen LogP contribution in [0.1, 0.15) is 23.9 Å². The predicted molar refractivity (Wildman–Crippen MR) is 115 cm³/mol. The van der Waals surface area contributed by atoms with E-state index in [0.717, 1.165) is 45.9 Å². The van der Waals surface area contributed by atoms with E-state index >= 15 is 0 Å². The van der Waals surface area contributed by atoms with Gasteiger partial charge in [0.2, 0.25) is 5.82 Å². The summed E-state index contributed by atoms with van der Waals surface area (Å²) in [6.07, 6.45) is 4.53. The smallest absolute Gasteiger partial charge is 0.221 e. The SMILES string of the molecule is CCc1nc2c(C)ccnc2n1Cc1ccc(-n2cc(Cl)cc2-c2nn[nH]n2)cc1. The molecule has 0 bridgehead atoms. The number of pyridine rings is 1. The fourth-order valence-electron chi connectivity index (χ4n) is 3.65. The molecule has 0 atom stereocenters. The molecule has 5 rings (SSSR count). The highest BCUT2D eigenvalue weighted by Gasteiger charge is 2.14. The number of imidazole rings is 1. The van der Waals surface area contributed by atoms with Crippen molar-refractivity contribution in [2.24, 2.45) is 0 Å². The first-order chi connectivity index (χ1) is 14.6. The molecule has 0 amide bonds. The summed E-state index contributed by atoms with van der Waals surface area (Å²) >= 11 is 6.24. The quantitative estimate of drug-likeness (QED) is 0.466. The van der Waals surface area contributed by atoms with Crippen LogP contribution in [0.5, 0.6) is 0 Å². The predicted octanol–water partition coefficient (Wildman–Crippen LogP) is 3.97. The average Bonchev–Trinajstić information content (AvgIpc) is 3.48. The zero-order chi connectivity index (χ0) is 20.7. The number of H-pyrrole nitrogens is 1.